The van der Waals surface area contributed by atoms with Crippen molar-refractivity contribution in [3.63, 3.8) is 0 Å². The number of ketones is 1. The zero-order valence-electron chi connectivity index (χ0n) is 21.3. The molecular formula is C29H36N2O4. The number of carbonyl (C=O) groups excluding carboxylic acids is 1. The summed E-state index contributed by atoms with van der Waals surface area (Å²) in [6, 6.07) is 9.07. The number of nitrogens with zero attached hydrogens (tertiary/aromatic N) is 1. The number of methoxy groups -OCH3 is 1. The molecule has 0 saturated heterocycles. The van der Waals surface area contributed by atoms with Gasteiger partial charge in [-0.3, -0.25) is 4.79 Å². The number of benzene rings is 2. The van der Waals surface area contributed by atoms with Gasteiger partial charge in [-0.15, -0.1) is 0 Å². The Labute approximate surface area is 207 Å². The SMILES string of the molecule is CCCC[NH+](CCCC)Cc1c([O-])ccc2c1O/C(=C\c1cn(CC)c3ccc(OC)cc13)C2=O. The third-order valence-corrected chi connectivity index (χ3v) is 6.84. The number of hydrogen-bond acceptors (Lipinski definition) is 4. The summed E-state index contributed by atoms with van der Waals surface area (Å²) in [5.41, 5.74) is 3.04. The van der Waals surface area contributed by atoms with Crippen LogP contribution in [-0.4, -0.2) is 30.5 Å². The molecule has 0 spiro atoms. The van der Waals surface area contributed by atoms with E-state index in [-0.39, 0.29) is 17.3 Å². The molecule has 0 radical (unpaired) electrons. The molecule has 6 heteroatoms. The number of aryl methyl sites for hydroxylation is 1. The van der Waals surface area contributed by atoms with Crippen molar-refractivity contribution in [1.82, 2.24) is 4.57 Å². The van der Waals surface area contributed by atoms with Gasteiger partial charge in [0.25, 0.3) is 0 Å². The maximum Gasteiger partial charge on any atom is 0.231 e. The van der Waals surface area contributed by atoms with Gasteiger partial charge in [0, 0.05) is 34.8 Å². The fraction of sp³-hybridized carbons (Fsp3) is 0.414. The van der Waals surface area contributed by atoms with E-state index < -0.39 is 0 Å². The van der Waals surface area contributed by atoms with Gasteiger partial charge in [-0.25, -0.2) is 0 Å². The fourth-order valence-electron chi connectivity index (χ4n) is 4.81. The normalized spacial score (nSPS) is 14.2. The van der Waals surface area contributed by atoms with E-state index in [1.54, 1.807) is 19.3 Å². The molecule has 0 aliphatic carbocycles. The van der Waals surface area contributed by atoms with Crippen molar-refractivity contribution >= 4 is 22.8 Å². The Balaban J connectivity index is 1.69. The lowest BCUT2D eigenvalue weighted by molar-refractivity contribution is -0.914. The summed E-state index contributed by atoms with van der Waals surface area (Å²) in [5, 5.41) is 13.9. The molecule has 2 aromatic carbocycles. The second-order valence-corrected chi connectivity index (χ2v) is 9.25. The first kappa shape index (κ1) is 24.9. The quantitative estimate of drug-likeness (QED) is 0.418. The number of fused-ring (bicyclic) bond motifs is 2. The Morgan fingerprint density at radius 2 is 1.83 bits per heavy atom. The van der Waals surface area contributed by atoms with Crippen LogP contribution in [-0.2, 0) is 13.1 Å². The van der Waals surface area contributed by atoms with Gasteiger partial charge in [-0.1, -0.05) is 38.5 Å². The molecule has 0 atom stereocenters. The van der Waals surface area contributed by atoms with Crippen LogP contribution >= 0.6 is 0 Å². The van der Waals surface area contributed by atoms with E-state index in [2.05, 4.69) is 25.3 Å². The number of rotatable bonds is 11. The molecule has 4 rings (SSSR count). The molecule has 1 aliphatic heterocycles. The molecule has 0 saturated carbocycles. The summed E-state index contributed by atoms with van der Waals surface area (Å²) >= 11 is 0. The second-order valence-electron chi connectivity index (χ2n) is 9.25. The lowest BCUT2D eigenvalue weighted by Gasteiger charge is -2.23. The van der Waals surface area contributed by atoms with Crippen molar-refractivity contribution in [2.45, 2.75) is 59.5 Å². The molecule has 3 aromatic rings. The zero-order valence-corrected chi connectivity index (χ0v) is 21.3. The van der Waals surface area contributed by atoms with E-state index in [9.17, 15) is 9.90 Å². The van der Waals surface area contributed by atoms with Crippen molar-refractivity contribution in [1.29, 1.82) is 0 Å². The number of unbranched alkanes of at least 4 members (excludes halogenated alkanes) is 2. The van der Waals surface area contributed by atoms with E-state index in [4.69, 9.17) is 9.47 Å². The van der Waals surface area contributed by atoms with Gasteiger partial charge in [-0.2, -0.15) is 0 Å². The highest BCUT2D eigenvalue weighted by Crippen LogP contribution is 2.39. The highest BCUT2D eigenvalue weighted by Gasteiger charge is 2.31. The summed E-state index contributed by atoms with van der Waals surface area (Å²) in [4.78, 5) is 14.7. The first-order chi connectivity index (χ1) is 17.0. The molecular weight excluding hydrogens is 440 g/mol. The molecule has 35 heavy (non-hydrogen) atoms. The molecule has 0 fully saturated rings. The minimum absolute atomic E-state index is 0.0596. The van der Waals surface area contributed by atoms with Gasteiger partial charge < -0.3 is 24.0 Å². The van der Waals surface area contributed by atoms with Gasteiger partial charge >= 0.3 is 0 Å². The number of hydrogen-bond donors (Lipinski definition) is 1. The number of Topliss-reactive ketones (excluding diaryl/α,β-unsaturated/α-hetero) is 1. The van der Waals surface area contributed by atoms with Crippen LogP contribution < -0.4 is 19.5 Å². The zero-order chi connectivity index (χ0) is 24.9. The molecule has 0 amide bonds. The predicted octanol–water partition coefficient (Wildman–Crippen LogP) is 4.34. The maximum atomic E-state index is 13.3. The summed E-state index contributed by atoms with van der Waals surface area (Å²) in [5.74, 6) is 1.22. The van der Waals surface area contributed by atoms with Gasteiger partial charge in [0.1, 0.15) is 18.0 Å². The fourth-order valence-corrected chi connectivity index (χ4v) is 4.81. The summed E-state index contributed by atoms with van der Waals surface area (Å²) in [6.07, 6.45) is 8.27. The molecule has 186 valence electrons. The number of nitrogens with one attached hydrogen (secondary N) is 1. The number of carbonyl (C=O) groups is 1. The van der Waals surface area contributed by atoms with Crippen LogP contribution in [0.1, 0.15) is 67.9 Å². The van der Waals surface area contributed by atoms with Gasteiger partial charge in [0.05, 0.1) is 25.8 Å². The van der Waals surface area contributed by atoms with E-state index in [0.717, 1.165) is 67.5 Å². The first-order valence-electron chi connectivity index (χ1n) is 12.8. The van der Waals surface area contributed by atoms with Crippen LogP contribution in [0.3, 0.4) is 0 Å². The van der Waals surface area contributed by atoms with E-state index in [1.165, 1.54) is 11.0 Å². The van der Waals surface area contributed by atoms with Crippen molar-refractivity contribution in [2.24, 2.45) is 0 Å². The Morgan fingerprint density at radius 1 is 1.09 bits per heavy atom. The lowest BCUT2D eigenvalue weighted by atomic mass is 10.0. The van der Waals surface area contributed by atoms with Crippen molar-refractivity contribution in [2.75, 3.05) is 20.2 Å². The monoisotopic (exact) mass is 476 g/mol. The van der Waals surface area contributed by atoms with Crippen molar-refractivity contribution < 1.29 is 24.3 Å². The molecule has 0 unspecified atom stereocenters. The average molecular weight is 477 g/mol. The Kier molecular flexibility index (Phi) is 7.81. The molecule has 6 nitrogen and oxygen atoms in total. The molecule has 2 heterocycles. The van der Waals surface area contributed by atoms with E-state index in [1.807, 2.05) is 24.4 Å². The van der Waals surface area contributed by atoms with E-state index in [0.29, 0.717) is 23.4 Å². The molecule has 0 bridgehead atoms. The second kappa shape index (κ2) is 11.0. The number of quaternary nitrogens is 1. The lowest BCUT2D eigenvalue weighted by Crippen LogP contribution is -3.10. The predicted molar refractivity (Wildman–Crippen MR) is 137 cm³/mol. The summed E-state index contributed by atoms with van der Waals surface area (Å²) in [6.45, 7) is 9.85. The molecule has 1 N–H and O–H groups in total. The van der Waals surface area contributed by atoms with Crippen LogP contribution in [0.2, 0.25) is 0 Å². The van der Waals surface area contributed by atoms with Crippen molar-refractivity contribution in [3.05, 3.63) is 59.0 Å². The first-order valence-corrected chi connectivity index (χ1v) is 12.8. The third-order valence-electron chi connectivity index (χ3n) is 6.84. The molecule has 1 aliphatic rings. The minimum Gasteiger partial charge on any atom is -0.872 e. The van der Waals surface area contributed by atoms with Crippen LogP contribution in [0.5, 0.6) is 17.2 Å². The maximum absolute atomic E-state index is 13.3. The third kappa shape index (κ3) is 5.08. The Hall–Kier alpha value is -3.25. The number of allylic oxidation sites excluding steroid dienone is 1. The van der Waals surface area contributed by atoms with Gasteiger partial charge in [-0.05, 0) is 50.1 Å². The van der Waals surface area contributed by atoms with Gasteiger partial charge in [0.15, 0.2) is 5.76 Å². The smallest absolute Gasteiger partial charge is 0.231 e. The van der Waals surface area contributed by atoms with E-state index >= 15 is 0 Å². The minimum atomic E-state index is -0.176. The standard InChI is InChI=1S/C29H36N2O4/c1-5-8-14-30(15-9-6-2)19-24-26(32)13-11-22-28(33)27(35-29(22)24)16-20-18-31(7-3)25-12-10-21(34-4)17-23(20)25/h10-13,16-18,32H,5-9,14-15,19H2,1-4H3/b27-16-. The highest BCUT2D eigenvalue weighted by molar-refractivity contribution is 6.15. The number of aromatic nitrogens is 1. The number of ether oxygens (including phenoxy) is 2. The van der Waals surface area contributed by atoms with Crippen LogP contribution in [0, 0.1) is 0 Å². The van der Waals surface area contributed by atoms with Gasteiger partial charge in [0.2, 0.25) is 5.78 Å². The molecule has 1 aromatic heterocycles. The largest absolute Gasteiger partial charge is 0.872 e. The van der Waals surface area contributed by atoms with Crippen LogP contribution in [0.15, 0.2) is 42.3 Å². The summed E-state index contributed by atoms with van der Waals surface area (Å²) in [7, 11) is 1.64. The van der Waals surface area contributed by atoms with Crippen LogP contribution in [0.4, 0.5) is 0 Å². The topological polar surface area (TPSA) is 68.0 Å². The summed E-state index contributed by atoms with van der Waals surface area (Å²) < 4.78 is 13.7. The average Bonchev–Trinajstić information content (AvgIpc) is 3.38. The van der Waals surface area contributed by atoms with Crippen LogP contribution in [0.25, 0.3) is 17.0 Å². The Morgan fingerprint density at radius 3 is 2.49 bits per heavy atom. The highest BCUT2D eigenvalue weighted by atomic mass is 16.5. The Bertz CT molecular complexity index is 1230. The van der Waals surface area contributed by atoms with Crippen molar-refractivity contribution in [3.8, 4) is 17.2 Å².